The summed E-state index contributed by atoms with van der Waals surface area (Å²) in [6, 6.07) is 0.284. The normalized spacial score (nSPS) is 31.0. The van der Waals surface area contributed by atoms with E-state index in [4.69, 9.17) is 0 Å². The molecule has 7 nitrogen and oxygen atoms in total. The van der Waals surface area contributed by atoms with E-state index in [1.807, 2.05) is 4.90 Å². The maximum Gasteiger partial charge on any atom is 0.322 e. The summed E-state index contributed by atoms with van der Waals surface area (Å²) in [5.74, 6) is 0.0482. The molecule has 4 fully saturated rings. The van der Waals surface area contributed by atoms with Gasteiger partial charge in [0.1, 0.15) is 5.54 Å². The van der Waals surface area contributed by atoms with Gasteiger partial charge in [0, 0.05) is 38.6 Å². The van der Waals surface area contributed by atoms with Crippen molar-refractivity contribution in [2.45, 2.75) is 69.4 Å². The first-order valence-corrected chi connectivity index (χ1v) is 10.2. The SMILES string of the molecule is O=C1NC(=O)C(CCC(=O)N2CCN(C3CCCCC3)CC2)(C2CC2)N1. The number of carbonyl (C=O) groups excluding carboxylic acids is 3. The average Bonchev–Trinajstić information content (AvgIpc) is 3.47. The van der Waals surface area contributed by atoms with Gasteiger partial charge in [-0.1, -0.05) is 19.3 Å². The van der Waals surface area contributed by atoms with E-state index in [0.717, 1.165) is 39.0 Å². The number of nitrogens with zero attached hydrogens (tertiary/aromatic N) is 2. The van der Waals surface area contributed by atoms with Crippen LogP contribution in [0.5, 0.6) is 0 Å². The van der Waals surface area contributed by atoms with Crippen LogP contribution in [0.3, 0.4) is 0 Å². The zero-order valence-corrected chi connectivity index (χ0v) is 15.5. The van der Waals surface area contributed by atoms with Crippen molar-refractivity contribution >= 4 is 17.8 Å². The molecule has 4 rings (SSSR count). The highest BCUT2D eigenvalue weighted by molar-refractivity contribution is 6.07. The highest BCUT2D eigenvalue weighted by Crippen LogP contribution is 2.43. The van der Waals surface area contributed by atoms with Crippen molar-refractivity contribution in [1.82, 2.24) is 20.4 Å². The third kappa shape index (κ3) is 3.46. The minimum Gasteiger partial charge on any atom is -0.340 e. The van der Waals surface area contributed by atoms with E-state index in [9.17, 15) is 14.4 Å². The second-order valence-corrected chi connectivity index (χ2v) is 8.36. The number of rotatable bonds is 5. The van der Waals surface area contributed by atoms with Crippen LogP contribution in [0.1, 0.15) is 57.8 Å². The Balaban J connectivity index is 1.27. The van der Waals surface area contributed by atoms with Gasteiger partial charge in [-0.3, -0.25) is 19.8 Å². The van der Waals surface area contributed by atoms with Gasteiger partial charge in [0.2, 0.25) is 5.91 Å². The number of hydrogen-bond donors (Lipinski definition) is 2. The maximum atomic E-state index is 12.7. The number of piperazine rings is 1. The lowest BCUT2D eigenvalue weighted by Crippen LogP contribution is -2.53. The predicted octanol–water partition coefficient (Wildman–Crippen LogP) is 1.23. The van der Waals surface area contributed by atoms with Gasteiger partial charge < -0.3 is 10.2 Å². The van der Waals surface area contributed by atoms with Crippen molar-refractivity contribution in [2.24, 2.45) is 5.92 Å². The Kier molecular flexibility index (Phi) is 4.90. The highest BCUT2D eigenvalue weighted by Gasteiger charge is 2.55. The fourth-order valence-corrected chi connectivity index (χ4v) is 4.99. The van der Waals surface area contributed by atoms with E-state index in [0.29, 0.717) is 18.9 Å². The van der Waals surface area contributed by atoms with Gasteiger partial charge in [0.05, 0.1) is 0 Å². The molecule has 144 valence electrons. The molecule has 2 aliphatic carbocycles. The van der Waals surface area contributed by atoms with Gasteiger partial charge in [-0.15, -0.1) is 0 Å². The lowest BCUT2D eigenvalue weighted by Gasteiger charge is -2.41. The van der Waals surface area contributed by atoms with Crippen molar-refractivity contribution in [2.75, 3.05) is 26.2 Å². The summed E-state index contributed by atoms with van der Waals surface area (Å²) in [4.78, 5) is 41.0. The monoisotopic (exact) mass is 362 g/mol. The number of imide groups is 1. The van der Waals surface area contributed by atoms with Crippen molar-refractivity contribution in [1.29, 1.82) is 0 Å². The smallest absolute Gasteiger partial charge is 0.322 e. The Labute approximate surface area is 154 Å². The average molecular weight is 362 g/mol. The number of nitrogens with one attached hydrogen (secondary N) is 2. The summed E-state index contributed by atoms with van der Waals surface area (Å²) >= 11 is 0. The molecular weight excluding hydrogens is 332 g/mol. The molecule has 1 atom stereocenters. The van der Waals surface area contributed by atoms with Gasteiger partial charge in [0.25, 0.3) is 5.91 Å². The number of carbonyl (C=O) groups is 3. The molecule has 2 heterocycles. The Morgan fingerprint density at radius 3 is 2.27 bits per heavy atom. The van der Waals surface area contributed by atoms with Gasteiger partial charge in [-0.25, -0.2) is 4.79 Å². The first-order chi connectivity index (χ1) is 12.6. The summed E-state index contributed by atoms with van der Waals surface area (Å²) in [6.07, 6.45) is 9.26. The first-order valence-electron chi connectivity index (χ1n) is 10.2. The fraction of sp³-hybridized carbons (Fsp3) is 0.842. The second-order valence-electron chi connectivity index (χ2n) is 8.36. The maximum absolute atomic E-state index is 12.7. The van der Waals surface area contributed by atoms with Crippen molar-refractivity contribution in [3.8, 4) is 0 Å². The summed E-state index contributed by atoms with van der Waals surface area (Å²) in [5.41, 5.74) is -0.851. The van der Waals surface area contributed by atoms with Crippen LogP contribution >= 0.6 is 0 Å². The zero-order chi connectivity index (χ0) is 18.1. The summed E-state index contributed by atoms with van der Waals surface area (Å²) in [5, 5.41) is 5.16. The van der Waals surface area contributed by atoms with E-state index in [1.54, 1.807) is 0 Å². The Morgan fingerprint density at radius 2 is 1.69 bits per heavy atom. The molecule has 4 aliphatic rings. The Morgan fingerprint density at radius 1 is 1.00 bits per heavy atom. The van der Waals surface area contributed by atoms with Gasteiger partial charge in [-0.2, -0.15) is 0 Å². The predicted molar refractivity (Wildman–Crippen MR) is 96.4 cm³/mol. The minimum absolute atomic E-state index is 0.113. The molecule has 26 heavy (non-hydrogen) atoms. The summed E-state index contributed by atoms with van der Waals surface area (Å²) in [7, 11) is 0. The van der Waals surface area contributed by atoms with Crippen LogP contribution in [-0.2, 0) is 9.59 Å². The molecular formula is C19H30N4O3. The number of hydrogen-bond acceptors (Lipinski definition) is 4. The molecule has 0 bridgehead atoms. The number of urea groups is 1. The molecule has 0 aromatic carbocycles. The molecule has 4 amide bonds. The van der Waals surface area contributed by atoms with Gasteiger partial charge in [0.15, 0.2) is 0 Å². The number of amides is 4. The topological polar surface area (TPSA) is 81.8 Å². The van der Waals surface area contributed by atoms with Gasteiger partial charge >= 0.3 is 6.03 Å². The van der Waals surface area contributed by atoms with Crippen molar-refractivity contribution in [3.63, 3.8) is 0 Å². The van der Waals surface area contributed by atoms with E-state index in [-0.39, 0.29) is 17.7 Å². The highest BCUT2D eigenvalue weighted by atomic mass is 16.2. The van der Waals surface area contributed by atoms with Crippen LogP contribution < -0.4 is 10.6 Å². The lowest BCUT2D eigenvalue weighted by atomic mass is 9.87. The van der Waals surface area contributed by atoms with Crippen LogP contribution in [0.25, 0.3) is 0 Å². The van der Waals surface area contributed by atoms with Crippen LogP contribution in [0, 0.1) is 5.92 Å². The minimum atomic E-state index is -0.851. The van der Waals surface area contributed by atoms with Gasteiger partial charge in [-0.05, 0) is 38.0 Å². The van der Waals surface area contributed by atoms with Crippen molar-refractivity contribution in [3.05, 3.63) is 0 Å². The third-order valence-electron chi connectivity index (χ3n) is 6.73. The molecule has 0 aromatic rings. The van der Waals surface area contributed by atoms with E-state index >= 15 is 0 Å². The quantitative estimate of drug-likeness (QED) is 0.721. The van der Waals surface area contributed by atoms with Crippen LogP contribution in [-0.4, -0.2) is 65.4 Å². The largest absolute Gasteiger partial charge is 0.340 e. The molecule has 0 radical (unpaired) electrons. The Hall–Kier alpha value is -1.63. The first kappa shape index (κ1) is 17.8. The zero-order valence-electron chi connectivity index (χ0n) is 15.5. The molecule has 1 unspecified atom stereocenters. The van der Waals surface area contributed by atoms with Crippen molar-refractivity contribution < 1.29 is 14.4 Å². The molecule has 0 aromatic heterocycles. The molecule has 2 aliphatic heterocycles. The standard InChI is InChI=1S/C19H30N4O3/c24-16(8-9-19(14-6-7-14)17(25)20-18(26)21-19)23-12-10-22(11-13-23)15-4-2-1-3-5-15/h14-15H,1-13H2,(H2,20,21,25,26). The Bertz CT molecular complexity index is 577. The third-order valence-corrected chi connectivity index (χ3v) is 6.73. The molecule has 2 saturated carbocycles. The van der Waals surface area contributed by atoms with E-state index in [1.165, 1.54) is 32.1 Å². The molecule has 7 heteroatoms. The second kappa shape index (κ2) is 7.18. The van der Waals surface area contributed by atoms with E-state index < -0.39 is 11.6 Å². The molecule has 2 saturated heterocycles. The molecule has 0 spiro atoms. The fourth-order valence-electron chi connectivity index (χ4n) is 4.99. The van der Waals surface area contributed by atoms with Crippen LogP contribution in [0.15, 0.2) is 0 Å². The summed E-state index contributed by atoms with van der Waals surface area (Å²) < 4.78 is 0. The van der Waals surface area contributed by atoms with E-state index in [2.05, 4.69) is 15.5 Å². The van der Waals surface area contributed by atoms with Crippen LogP contribution in [0.2, 0.25) is 0 Å². The van der Waals surface area contributed by atoms with Crippen LogP contribution in [0.4, 0.5) is 4.79 Å². The lowest BCUT2D eigenvalue weighted by molar-refractivity contribution is -0.134. The molecule has 2 N–H and O–H groups in total. The summed E-state index contributed by atoms with van der Waals surface area (Å²) in [6.45, 7) is 3.48.